The van der Waals surface area contributed by atoms with Crippen molar-refractivity contribution in [2.45, 2.75) is 31.8 Å². The van der Waals surface area contributed by atoms with Gasteiger partial charge in [-0.25, -0.2) is 4.90 Å². The van der Waals surface area contributed by atoms with Crippen LogP contribution in [-0.4, -0.2) is 34.5 Å². The van der Waals surface area contributed by atoms with Crippen molar-refractivity contribution in [1.29, 1.82) is 0 Å². The van der Waals surface area contributed by atoms with Gasteiger partial charge in [-0.15, -0.1) is 0 Å². The number of carboxylic acids is 1. The molecule has 0 saturated carbocycles. The number of carbonyl (C=O) groups excluding carboxylic acids is 2. The average molecular weight is 276 g/mol. The third kappa shape index (κ3) is 2.55. The first-order valence-corrected chi connectivity index (χ1v) is 6.26. The van der Waals surface area contributed by atoms with Crippen molar-refractivity contribution in [3.63, 3.8) is 0 Å². The highest BCUT2D eigenvalue weighted by Gasteiger charge is 2.43. The molecule has 2 amide bonds. The van der Waals surface area contributed by atoms with Gasteiger partial charge in [-0.05, 0) is 26.0 Å². The summed E-state index contributed by atoms with van der Waals surface area (Å²) in [4.78, 5) is 36.4. The van der Waals surface area contributed by atoms with E-state index in [0.29, 0.717) is 5.69 Å². The summed E-state index contributed by atoms with van der Waals surface area (Å²) in [7, 11) is 0. The molecule has 1 aromatic carbocycles. The van der Waals surface area contributed by atoms with E-state index in [-0.39, 0.29) is 12.3 Å². The zero-order valence-electron chi connectivity index (χ0n) is 11.3. The Morgan fingerprint density at radius 2 is 1.90 bits per heavy atom. The van der Waals surface area contributed by atoms with E-state index >= 15 is 0 Å². The van der Waals surface area contributed by atoms with Crippen molar-refractivity contribution in [2.24, 2.45) is 0 Å². The number of para-hydroxylation sites is 1. The van der Waals surface area contributed by atoms with Gasteiger partial charge in [0.1, 0.15) is 5.54 Å². The minimum Gasteiger partial charge on any atom is -0.480 e. The molecule has 0 spiro atoms. The summed E-state index contributed by atoms with van der Waals surface area (Å²) >= 11 is 0. The topological polar surface area (TPSA) is 86.7 Å². The zero-order chi connectivity index (χ0) is 14.9. The van der Waals surface area contributed by atoms with Crippen molar-refractivity contribution in [3.8, 4) is 0 Å². The molecule has 2 rings (SSSR count). The highest BCUT2D eigenvalue weighted by atomic mass is 16.4. The molecule has 1 atom stereocenters. The molecule has 0 radical (unpaired) electrons. The molecule has 6 heteroatoms. The lowest BCUT2D eigenvalue weighted by molar-refractivity contribution is -0.144. The first-order chi connectivity index (χ1) is 9.33. The summed E-state index contributed by atoms with van der Waals surface area (Å²) in [6, 6.07) is 7.78. The van der Waals surface area contributed by atoms with E-state index < -0.39 is 23.5 Å². The maximum Gasteiger partial charge on any atom is 0.323 e. The van der Waals surface area contributed by atoms with Gasteiger partial charge in [0.2, 0.25) is 5.91 Å². The van der Waals surface area contributed by atoms with Crippen LogP contribution in [-0.2, 0) is 14.4 Å². The van der Waals surface area contributed by atoms with Gasteiger partial charge in [0, 0.05) is 0 Å². The Balaban J connectivity index is 2.20. The highest BCUT2D eigenvalue weighted by Crippen LogP contribution is 2.23. The standard InChI is InChI=1S/C14H16N2O4/c1-14(2,13(19)20)15-10-8-11(17)16(12(10)18)9-6-4-3-5-7-9/h3-7,10,15H,8H2,1-2H3,(H,19,20). The lowest BCUT2D eigenvalue weighted by Crippen LogP contribution is -2.54. The van der Waals surface area contributed by atoms with Gasteiger partial charge >= 0.3 is 5.97 Å². The van der Waals surface area contributed by atoms with Crippen molar-refractivity contribution in [3.05, 3.63) is 30.3 Å². The molecule has 2 N–H and O–H groups in total. The van der Waals surface area contributed by atoms with Gasteiger partial charge in [-0.1, -0.05) is 18.2 Å². The van der Waals surface area contributed by atoms with E-state index in [4.69, 9.17) is 5.11 Å². The van der Waals surface area contributed by atoms with E-state index in [1.807, 2.05) is 0 Å². The fourth-order valence-electron chi connectivity index (χ4n) is 2.09. The second-order valence-corrected chi connectivity index (χ2v) is 5.23. The minimum atomic E-state index is -1.27. The van der Waals surface area contributed by atoms with Crippen LogP contribution in [0.2, 0.25) is 0 Å². The van der Waals surface area contributed by atoms with E-state index in [0.717, 1.165) is 4.90 Å². The third-order valence-corrected chi connectivity index (χ3v) is 3.23. The molecule has 1 unspecified atom stereocenters. The van der Waals surface area contributed by atoms with Gasteiger partial charge in [-0.2, -0.15) is 0 Å². The summed E-state index contributed by atoms with van der Waals surface area (Å²) in [6.07, 6.45) is -0.0373. The number of anilines is 1. The fraction of sp³-hybridized carbons (Fsp3) is 0.357. The van der Waals surface area contributed by atoms with Crippen molar-refractivity contribution in [2.75, 3.05) is 4.90 Å². The lowest BCUT2D eigenvalue weighted by Gasteiger charge is -2.24. The molecule has 0 aromatic heterocycles. The van der Waals surface area contributed by atoms with Crippen LogP contribution in [0.5, 0.6) is 0 Å². The molecule has 106 valence electrons. The average Bonchev–Trinajstić information content (AvgIpc) is 2.64. The number of carboxylic acid groups (broad SMARTS) is 1. The number of hydrogen-bond donors (Lipinski definition) is 2. The van der Waals surface area contributed by atoms with E-state index in [1.165, 1.54) is 13.8 Å². The lowest BCUT2D eigenvalue weighted by atomic mass is 10.0. The van der Waals surface area contributed by atoms with Crippen LogP contribution >= 0.6 is 0 Å². The largest absolute Gasteiger partial charge is 0.480 e. The Kier molecular flexibility index (Phi) is 3.59. The van der Waals surface area contributed by atoms with Crippen molar-refractivity contribution in [1.82, 2.24) is 5.32 Å². The van der Waals surface area contributed by atoms with Crippen molar-refractivity contribution < 1.29 is 19.5 Å². The maximum absolute atomic E-state index is 12.3. The number of imide groups is 1. The molecule has 1 fully saturated rings. The first kappa shape index (κ1) is 14.2. The molecule has 20 heavy (non-hydrogen) atoms. The Morgan fingerprint density at radius 3 is 2.45 bits per heavy atom. The van der Waals surface area contributed by atoms with Gasteiger partial charge in [0.05, 0.1) is 18.2 Å². The predicted octanol–water partition coefficient (Wildman–Crippen LogP) is 0.771. The number of benzene rings is 1. The van der Waals surface area contributed by atoms with Crippen LogP contribution in [0.4, 0.5) is 5.69 Å². The van der Waals surface area contributed by atoms with Crippen LogP contribution in [0.3, 0.4) is 0 Å². The summed E-state index contributed by atoms with van der Waals surface area (Å²) in [5.41, 5.74) is -0.771. The Bertz CT molecular complexity index is 554. The zero-order valence-corrected chi connectivity index (χ0v) is 11.3. The number of nitrogens with one attached hydrogen (secondary N) is 1. The number of aliphatic carboxylic acids is 1. The maximum atomic E-state index is 12.3. The first-order valence-electron chi connectivity index (χ1n) is 6.26. The molecule has 1 aromatic rings. The second kappa shape index (κ2) is 5.05. The molecule has 0 aliphatic carbocycles. The van der Waals surface area contributed by atoms with Crippen LogP contribution in [0.15, 0.2) is 30.3 Å². The predicted molar refractivity (Wildman–Crippen MR) is 72.2 cm³/mol. The Morgan fingerprint density at radius 1 is 1.30 bits per heavy atom. The van der Waals surface area contributed by atoms with Crippen LogP contribution < -0.4 is 10.2 Å². The molecular weight excluding hydrogens is 260 g/mol. The SMILES string of the molecule is CC(C)(NC1CC(=O)N(c2ccccc2)C1=O)C(=O)O. The summed E-state index contributed by atoms with van der Waals surface area (Å²) in [5.74, 6) is -1.83. The van der Waals surface area contributed by atoms with E-state index in [1.54, 1.807) is 30.3 Å². The second-order valence-electron chi connectivity index (χ2n) is 5.23. The Hall–Kier alpha value is -2.21. The third-order valence-electron chi connectivity index (χ3n) is 3.23. The number of amides is 2. The van der Waals surface area contributed by atoms with Crippen molar-refractivity contribution >= 4 is 23.5 Å². The molecule has 1 saturated heterocycles. The normalized spacial score (nSPS) is 19.5. The number of hydrogen-bond acceptors (Lipinski definition) is 4. The van der Waals surface area contributed by atoms with Crippen LogP contribution in [0.25, 0.3) is 0 Å². The highest BCUT2D eigenvalue weighted by molar-refractivity contribution is 6.22. The van der Waals surface area contributed by atoms with E-state index in [9.17, 15) is 14.4 Å². The number of rotatable bonds is 4. The molecular formula is C14H16N2O4. The van der Waals surface area contributed by atoms with E-state index in [2.05, 4.69) is 5.32 Å². The van der Waals surface area contributed by atoms with Crippen LogP contribution in [0.1, 0.15) is 20.3 Å². The molecule has 1 aliphatic heterocycles. The summed E-state index contributed by atoms with van der Waals surface area (Å²) in [5, 5.41) is 11.8. The molecule has 6 nitrogen and oxygen atoms in total. The number of carbonyl (C=O) groups is 3. The smallest absolute Gasteiger partial charge is 0.323 e. The van der Waals surface area contributed by atoms with Gasteiger partial charge < -0.3 is 5.11 Å². The monoisotopic (exact) mass is 276 g/mol. The van der Waals surface area contributed by atoms with Crippen LogP contribution in [0, 0.1) is 0 Å². The van der Waals surface area contributed by atoms with Gasteiger partial charge in [0.25, 0.3) is 5.91 Å². The molecule has 0 bridgehead atoms. The quantitative estimate of drug-likeness (QED) is 0.793. The van der Waals surface area contributed by atoms with Gasteiger partial charge in [0.15, 0.2) is 0 Å². The summed E-state index contributed by atoms with van der Waals surface area (Å²) < 4.78 is 0. The molecule has 1 heterocycles. The van der Waals surface area contributed by atoms with Gasteiger partial charge in [-0.3, -0.25) is 19.7 Å². The molecule has 1 aliphatic rings. The minimum absolute atomic E-state index is 0.0373. The Labute approximate surface area is 116 Å². The fourth-order valence-corrected chi connectivity index (χ4v) is 2.09. The number of nitrogens with zero attached hydrogens (tertiary/aromatic N) is 1. The summed E-state index contributed by atoms with van der Waals surface area (Å²) in [6.45, 7) is 2.91.